The molecule has 0 aliphatic carbocycles. The van der Waals surface area contributed by atoms with Crippen LogP contribution in [0.25, 0.3) is 0 Å². The molecule has 345 valence electrons. The van der Waals surface area contributed by atoms with E-state index in [1.54, 1.807) is 0 Å². The quantitative estimate of drug-likeness (QED) is 0.0702. The summed E-state index contributed by atoms with van der Waals surface area (Å²) in [7, 11) is -25.9. The van der Waals surface area contributed by atoms with Crippen molar-refractivity contribution in [2.45, 2.75) is 95.7 Å². The van der Waals surface area contributed by atoms with E-state index in [0.717, 1.165) is 30.2 Å². The molecule has 0 atom stereocenters. The molecule has 0 saturated carbocycles. The third kappa shape index (κ3) is 19.1. The Hall–Kier alpha value is -2.13. The molecule has 1 aliphatic rings. The fourth-order valence-electron chi connectivity index (χ4n) is 7.40. The van der Waals surface area contributed by atoms with Crippen LogP contribution in [0.1, 0.15) is 27.8 Å². The maximum absolute atomic E-state index is 7.15. The summed E-state index contributed by atoms with van der Waals surface area (Å²) in [6.45, 7) is 22.0. The molecule has 65 heavy (non-hydrogen) atoms. The normalized spacial score (nSPS) is 16.5. The van der Waals surface area contributed by atoms with Crippen LogP contribution < -0.4 is 0 Å². The fraction of sp³-hybridized carbons (Fsp3) is 0.333. The molecule has 0 spiro atoms. The van der Waals surface area contributed by atoms with Crippen molar-refractivity contribution in [3.63, 3.8) is 0 Å². The summed E-state index contributed by atoms with van der Waals surface area (Å²) in [5.41, 5.74) is 5.96. The van der Waals surface area contributed by atoms with Gasteiger partial charge in [-0.25, -0.2) is 0 Å². The van der Waals surface area contributed by atoms with E-state index in [2.05, 4.69) is 187 Å². The highest BCUT2D eigenvalue weighted by molar-refractivity contribution is 6.84. The summed E-state index contributed by atoms with van der Waals surface area (Å²) >= 11 is 0. The Bertz CT molecular complexity index is 1780. The third-order valence-corrected chi connectivity index (χ3v) is 37.3. The first-order valence-electron chi connectivity index (χ1n) is 22.2. The van der Waals surface area contributed by atoms with Gasteiger partial charge in [0.1, 0.15) is 0 Å². The van der Waals surface area contributed by atoms with Crippen LogP contribution in [-0.4, -0.2) is 89.2 Å². The summed E-state index contributed by atoms with van der Waals surface area (Å²) in [6, 6.07) is 56.0. The molecular weight excluding hydrogens is 981 g/mol. The first-order valence-corrected chi connectivity index (χ1v) is 43.9. The average molecular weight is 1050 g/mol. The van der Waals surface area contributed by atoms with E-state index in [-0.39, 0.29) is 0 Å². The van der Waals surface area contributed by atoms with Gasteiger partial charge >= 0.3 is 47.6 Å². The van der Waals surface area contributed by atoms with Crippen LogP contribution in [0.2, 0.25) is 65.5 Å². The monoisotopic (exact) mass is 1050 g/mol. The van der Waals surface area contributed by atoms with Gasteiger partial charge in [-0.3, -0.25) is 0 Å². The van der Waals surface area contributed by atoms with E-state index in [9.17, 15) is 0 Å². The van der Waals surface area contributed by atoms with E-state index in [1.165, 1.54) is 27.8 Å². The standard InChI is InChI=1S/C45H65O10Si10/c1-61(2,36-41-26-16-11-17-27-41)51-56-46-57(52-62(3,4)37-42-28-18-12-19-29-42)48-59(54-64(7,8)39-44-32-22-14-23-33-44)50-60(55-65(9,10)40-45-34-24-15-25-35-45)49-58(47-56)53-63(5,6)38-43-30-20-13-21-31-43/h11-35H,36-40H2,1-10H3. The highest BCUT2D eigenvalue weighted by Gasteiger charge is 2.51. The second-order valence-corrected chi connectivity index (χ2v) is 49.4. The van der Waals surface area contributed by atoms with Crippen LogP contribution in [-0.2, 0) is 71.4 Å². The second-order valence-electron chi connectivity index (χ2n) is 19.4. The highest BCUT2D eigenvalue weighted by Crippen LogP contribution is 2.26. The predicted molar refractivity (Wildman–Crippen MR) is 278 cm³/mol. The van der Waals surface area contributed by atoms with Crippen molar-refractivity contribution in [3.05, 3.63) is 179 Å². The van der Waals surface area contributed by atoms with Gasteiger partial charge in [0.15, 0.2) is 41.6 Å². The molecule has 0 bridgehead atoms. The predicted octanol–water partition coefficient (Wildman–Crippen LogP) is 10.0. The largest absolute Gasteiger partial charge is 0.550 e. The Morgan fingerprint density at radius 3 is 0.538 bits per heavy atom. The molecule has 0 N–H and O–H groups in total. The van der Waals surface area contributed by atoms with Crippen molar-refractivity contribution in [1.29, 1.82) is 0 Å². The van der Waals surface area contributed by atoms with Gasteiger partial charge in [-0.15, -0.1) is 0 Å². The van der Waals surface area contributed by atoms with Crippen LogP contribution in [0.15, 0.2) is 152 Å². The molecule has 0 aromatic heterocycles. The Morgan fingerprint density at radius 2 is 0.400 bits per heavy atom. The maximum atomic E-state index is 7.15. The smallest absolute Gasteiger partial charge is 0.414 e. The molecule has 6 rings (SSSR count). The van der Waals surface area contributed by atoms with Crippen LogP contribution in [0.3, 0.4) is 0 Å². The summed E-state index contributed by atoms with van der Waals surface area (Å²) in [4.78, 5) is 0. The molecule has 1 fully saturated rings. The zero-order valence-corrected chi connectivity index (χ0v) is 49.6. The van der Waals surface area contributed by atoms with Crippen molar-refractivity contribution >= 4 is 89.2 Å². The van der Waals surface area contributed by atoms with Crippen LogP contribution in [0.4, 0.5) is 0 Å². The average Bonchev–Trinajstić information content (AvgIpc) is 3.20. The minimum atomic E-state index is -2.65. The molecule has 1 heterocycles. The molecule has 5 aromatic carbocycles. The molecular formula is C45H65O10Si10. The van der Waals surface area contributed by atoms with Crippen molar-refractivity contribution in [3.8, 4) is 0 Å². The number of hydrogen-bond donors (Lipinski definition) is 0. The van der Waals surface area contributed by atoms with Gasteiger partial charge in [0.05, 0.1) is 0 Å². The highest BCUT2D eigenvalue weighted by atomic mass is 28.5. The number of benzene rings is 5. The van der Waals surface area contributed by atoms with Crippen molar-refractivity contribution < 1.29 is 41.2 Å². The Kier molecular flexibility index (Phi) is 19.2. The van der Waals surface area contributed by atoms with E-state index in [1.807, 2.05) is 30.3 Å². The lowest BCUT2D eigenvalue weighted by Gasteiger charge is -2.37. The third-order valence-electron chi connectivity index (χ3n) is 9.99. The first-order chi connectivity index (χ1) is 30.8. The van der Waals surface area contributed by atoms with Gasteiger partial charge in [0.2, 0.25) is 0 Å². The lowest BCUT2D eigenvalue weighted by atomic mass is 10.2. The maximum Gasteiger partial charge on any atom is 0.550 e. The van der Waals surface area contributed by atoms with Crippen LogP contribution >= 0.6 is 0 Å². The minimum Gasteiger partial charge on any atom is -0.414 e. The SMILES string of the molecule is C[Si](C)(Cc1ccccc1)O[Si]1O[Si](O[Si](C)(C)Cc2ccccc2)O[Si](O[Si](C)(C)Cc2ccccc2)O[Si](O[Si](C)(C)Cc2ccccc2)O[Si](O[Si](C)(C)Cc2ccccc2)O1. The molecule has 0 unspecified atom stereocenters. The molecule has 0 amide bonds. The van der Waals surface area contributed by atoms with E-state index in [0.29, 0.717) is 0 Å². The lowest BCUT2D eigenvalue weighted by Crippen LogP contribution is -2.60. The minimum absolute atomic E-state index is 0.753. The summed E-state index contributed by atoms with van der Waals surface area (Å²) in [5, 5.41) is 0. The Morgan fingerprint density at radius 1 is 0.262 bits per heavy atom. The van der Waals surface area contributed by atoms with Gasteiger partial charge in [0, 0.05) is 0 Å². The molecule has 1 aliphatic heterocycles. The summed E-state index contributed by atoms with van der Waals surface area (Å²) in [6.07, 6.45) is 0. The van der Waals surface area contributed by atoms with Gasteiger partial charge in [0.25, 0.3) is 0 Å². The van der Waals surface area contributed by atoms with Crippen LogP contribution in [0.5, 0.6) is 0 Å². The topological polar surface area (TPSA) is 92.3 Å². The van der Waals surface area contributed by atoms with E-state index < -0.39 is 89.2 Å². The molecule has 1 saturated heterocycles. The van der Waals surface area contributed by atoms with Crippen molar-refractivity contribution in [2.75, 3.05) is 0 Å². The summed E-state index contributed by atoms with van der Waals surface area (Å²) < 4.78 is 70.9. The molecule has 20 heteroatoms. The fourth-order valence-corrected chi connectivity index (χ4v) is 34.8. The number of hydrogen-bond acceptors (Lipinski definition) is 10. The molecule has 5 aromatic rings. The van der Waals surface area contributed by atoms with Gasteiger partial charge in [-0.1, -0.05) is 152 Å². The van der Waals surface area contributed by atoms with Gasteiger partial charge < -0.3 is 41.2 Å². The van der Waals surface area contributed by atoms with Crippen LogP contribution in [0, 0.1) is 0 Å². The summed E-state index contributed by atoms with van der Waals surface area (Å²) in [5.74, 6) is 0. The Balaban J connectivity index is 1.40. The van der Waals surface area contributed by atoms with E-state index >= 15 is 0 Å². The van der Waals surface area contributed by atoms with Crippen molar-refractivity contribution in [2.24, 2.45) is 0 Å². The second kappa shape index (κ2) is 23.9. The zero-order valence-electron chi connectivity index (χ0n) is 39.6. The molecule has 10 nitrogen and oxygen atoms in total. The first kappa shape index (κ1) is 52.2. The molecule has 5 radical (unpaired) electrons. The van der Waals surface area contributed by atoms with Gasteiger partial charge in [-0.2, -0.15) is 0 Å². The number of rotatable bonds is 20. The van der Waals surface area contributed by atoms with Gasteiger partial charge in [-0.05, 0) is 124 Å². The Labute approximate surface area is 403 Å². The van der Waals surface area contributed by atoms with Crippen molar-refractivity contribution in [1.82, 2.24) is 0 Å². The van der Waals surface area contributed by atoms with E-state index in [4.69, 9.17) is 41.2 Å². The lowest BCUT2D eigenvalue weighted by molar-refractivity contribution is 0.142. The zero-order chi connectivity index (χ0) is 46.6.